The molecule has 0 aromatic heterocycles. The van der Waals surface area contributed by atoms with E-state index in [2.05, 4.69) is 17.0 Å². The Kier molecular flexibility index (Phi) is 8.90. The van der Waals surface area contributed by atoms with Crippen molar-refractivity contribution in [3.8, 4) is 0 Å². The average molecular weight is 526 g/mol. The number of hydrogen-bond donors (Lipinski definition) is 0. The van der Waals surface area contributed by atoms with Crippen molar-refractivity contribution in [2.24, 2.45) is 0 Å². The van der Waals surface area contributed by atoms with E-state index >= 15 is 0 Å². The molecule has 3 aromatic carbocycles. The Bertz CT molecular complexity index is 1240. The minimum atomic E-state index is -1.02. The maximum atomic E-state index is 14.3. The van der Waals surface area contributed by atoms with Gasteiger partial charge in [-0.05, 0) is 41.3 Å². The molecule has 1 aliphatic rings. The topological polar surface area (TPSA) is 43.9 Å². The maximum absolute atomic E-state index is 14.3. The highest BCUT2D eigenvalue weighted by molar-refractivity contribution is 6.30. The molecule has 0 atom stereocenters. The Morgan fingerprint density at radius 1 is 0.865 bits per heavy atom. The molecule has 8 heteroatoms. The first-order valence-corrected chi connectivity index (χ1v) is 12.7. The molecular weight excluding hydrogens is 496 g/mol. The van der Waals surface area contributed by atoms with Gasteiger partial charge in [0, 0.05) is 57.3 Å². The van der Waals surface area contributed by atoms with Crippen molar-refractivity contribution in [1.29, 1.82) is 0 Å². The van der Waals surface area contributed by atoms with E-state index in [4.69, 9.17) is 11.6 Å². The molecule has 37 heavy (non-hydrogen) atoms. The van der Waals surface area contributed by atoms with Crippen LogP contribution in [0.5, 0.6) is 0 Å². The quantitative estimate of drug-likeness (QED) is 0.455. The van der Waals surface area contributed by atoms with Crippen LogP contribution in [0, 0.1) is 11.6 Å². The van der Waals surface area contributed by atoms with Crippen LogP contribution < -0.4 is 4.90 Å². The normalized spacial score (nSPS) is 15.1. The molecule has 5 nitrogen and oxygen atoms in total. The molecule has 2 amide bonds. The predicted molar refractivity (Wildman–Crippen MR) is 141 cm³/mol. The fourth-order valence-corrected chi connectivity index (χ4v) is 4.74. The molecule has 0 spiro atoms. The summed E-state index contributed by atoms with van der Waals surface area (Å²) >= 11 is 5.99. The number of rotatable bonds is 4. The largest absolute Gasteiger partial charge is 0.337 e. The standard InChI is InChI=1S/C29H30ClF2N3O2/c1-21(36)35-13-5-12-33(19-23-6-3-2-4-7-23)14-15-34(20-24-17-26(31)27(32)18-28(24)35)29(37)16-22-8-10-25(30)11-9-22/h2-4,6-11,17-18H,5,12-16,19-20H2,1H3. The lowest BCUT2D eigenvalue weighted by atomic mass is 10.1. The van der Waals surface area contributed by atoms with Crippen molar-refractivity contribution in [3.63, 3.8) is 0 Å². The van der Waals surface area contributed by atoms with Crippen molar-refractivity contribution in [3.05, 3.63) is 100 Å². The van der Waals surface area contributed by atoms with E-state index in [-0.39, 0.29) is 24.8 Å². The average Bonchev–Trinajstić information content (AvgIpc) is 2.90. The van der Waals surface area contributed by atoms with Crippen LogP contribution in [-0.4, -0.2) is 47.8 Å². The van der Waals surface area contributed by atoms with Crippen LogP contribution in [0.1, 0.15) is 30.0 Å². The van der Waals surface area contributed by atoms with Crippen LogP contribution in [-0.2, 0) is 29.1 Å². The predicted octanol–water partition coefficient (Wildman–Crippen LogP) is 5.45. The first-order valence-electron chi connectivity index (χ1n) is 12.3. The summed E-state index contributed by atoms with van der Waals surface area (Å²) in [6.07, 6.45) is 0.787. The fourth-order valence-electron chi connectivity index (χ4n) is 4.62. The van der Waals surface area contributed by atoms with Gasteiger partial charge in [-0.1, -0.05) is 54.1 Å². The van der Waals surface area contributed by atoms with Gasteiger partial charge in [0.2, 0.25) is 11.8 Å². The highest BCUT2D eigenvalue weighted by Gasteiger charge is 2.24. The zero-order valence-corrected chi connectivity index (χ0v) is 21.6. The molecule has 0 saturated carbocycles. The molecule has 0 radical (unpaired) electrons. The number of hydrogen-bond acceptors (Lipinski definition) is 3. The number of carbonyl (C=O) groups excluding carboxylic acids is 2. The van der Waals surface area contributed by atoms with Crippen LogP contribution in [0.2, 0.25) is 5.02 Å². The third-order valence-electron chi connectivity index (χ3n) is 6.57. The van der Waals surface area contributed by atoms with Crippen molar-refractivity contribution in [1.82, 2.24) is 9.80 Å². The molecule has 4 rings (SSSR count). The third-order valence-corrected chi connectivity index (χ3v) is 6.82. The summed E-state index contributed by atoms with van der Waals surface area (Å²) in [5, 5.41) is 0.582. The monoisotopic (exact) mass is 525 g/mol. The number of fused-ring (bicyclic) bond motifs is 1. The molecule has 0 aliphatic carbocycles. The smallest absolute Gasteiger partial charge is 0.227 e. The van der Waals surface area contributed by atoms with E-state index in [9.17, 15) is 18.4 Å². The van der Waals surface area contributed by atoms with Crippen molar-refractivity contribution >= 4 is 29.1 Å². The Labute approximate surface area is 221 Å². The molecule has 0 unspecified atom stereocenters. The molecule has 1 aliphatic heterocycles. The van der Waals surface area contributed by atoms with Gasteiger partial charge in [-0.3, -0.25) is 14.5 Å². The van der Waals surface area contributed by atoms with E-state index in [0.29, 0.717) is 55.4 Å². The molecule has 194 valence electrons. The minimum Gasteiger partial charge on any atom is -0.337 e. The van der Waals surface area contributed by atoms with Gasteiger partial charge in [0.15, 0.2) is 11.6 Å². The summed E-state index contributed by atoms with van der Waals surface area (Å²) in [5.41, 5.74) is 2.65. The van der Waals surface area contributed by atoms with Gasteiger partial charge in [-0.25, -0.2) is 8.78 Å². The second kappa shape index (κ2) is 12.3. The Morgan fingerprint density at radius 2 is 1.57 bits per heavy atom. The summed E-state index contributed by atoms with van der Waals surface area (Å²) in [4.78, 5) is 31.4. The highest BCUT2D eigenvalue weighted by atomic mass is 35.5. The van der Waals surface area contributed by atoms with Gasteiger partial charge in [-0.2, -0.15) is 0 Å². The SMILES string of the molecule is CC(=O)N1CCCN(Cc2ccccc2)CCN(C(=O)Cc2ccc(Cl)cc2)Cc2cc(F)c(F)cc21. The second-order valence-electron chi connectivity index (χ2n) is 9.30. The van der Waals surface area contributed by atoms with Crippen molar-refractivity contribution in [2.45, 2.75) is 32.9 Å². The number of benzene rings is 3. The van der Waals surface area contributed by atoms with Crippen LogP contribution in [0.3, 0.4) is 0 Å². The van der Waals surface area contributed by atoms with Crippen molar-refractivity contribution in [2.75, 3.05) is 31.1 Å². The molecule has 0 bridgehead atoms. The lowest BCUT2D eigenvalue weighted by Gasteiger charge is -2.28. The van der Waals surface area contributed by atoms with Gasteiger partial charge < -0.3 is 9.80 Å². The van der Waals surface area contributed by atoms with Crippen molar-refractivity contribution < 1.29 is 18.4 Å². The van der Waals surface area contributed by atoms with E-state index in [0.717, 1.165) is 23.3 Å². The van der Waals surface area contributed by atoms with Crippen LogP contribution in [0.4, 0.5) is 14.5 Å². The number of amides is 2. The lowest BCUT2D eigenvalue weighted by molar-refractivity contribution is -0.131. The molecule has 0 N–H and O–H groups in total. The summed E-state index contributed by atoms with van der Waals surface area (Å²) < 4.78 is 28.7. The summed E-state index contributed by atoms with van der Waals surface area (Å²) in [7, 11) is 0. The van der Waals surface area contributed by atoms with Crippen LogP contribution in [0.25, 0.3) is 0 Å². The lowest BCUT2D eigenvalue weighted by Crippen LogP contribution is -2.39. The summed E-state index contributed by atoms with van der Waals surface area (Å²) in [6, 6.07) is 19.3. The third kappa shape index (κ3) is 7.14. The van der Waals surface area contributed by atoms with Gasteiger partial charge in [0.05, 0.1) is 12.1 Å². The van der Waals surface area contributed by atoms with Crippen LogP contribution >= 0.6 is 11.6 Å². The van der Waals surface area contributed by atoms with E-state index < -0.39 is 11.6 Å². The van der Waals surface area contributed by atoms with E-state index in [1.807, 2.05) is 18.2 Å². The van der Waals surface area contributed by atoms with E-state index in [1.165, 1.54) is 11.8 Å². The summed E-state index contributed by atoms with van der Waals surface area (Å²) in [5.74, 6) is -2.44. The molecule has 1 heterocycles. The fraction of sp³-hybridized carbons (Fsp3) is 0.310. The van der Waals surface area contributed by atoms with Gasteiger partial charge >= 0.3 is 0 Å². The Hall–Kier alpha value is -3.29. The van der Waals surface area contributed by atoms with Gasteiger partial charge in [0.1, 0.15) is 0 Å². The minimum absolute atomic E-state index is 0.0575. The zero-order chi connectivity index (χ0) is 26.4. The Balaban J connectivity index is 1.66. The van der Waals surface area contributed by atoms with E-state index in [1.54, 1.807) is 29.2 Å². The van der Waals surface area contributed by atoms with Crippen LogP contribution in [0.15, 0.2) is 66.7 Å². The maximum Gasteiger partial charge on any atom is 0.227 e. The first kappa shape index (κ1) is 26.8. The van der Waals surface area contributed by atoms with Gasteiger partial charge in [-0.15, -0.1) is 0 Å². The number of halogens is 3. The second-order valence-corrected chi connectivity index (χ2v) is 9.74. The number of carbonyl (C=O) groups is 2. The first-order chi connectivity index (χ1) is 17.8. The number of anilines is 1. The molecule has 0 saturated heterocycles. The molecular formula is C29H30ClF2N3O2. The summed E-state index contributed by atoms with van der Waals surface area (Å²) in [6.45, 7) is 4.19. The van der Waals surface area contributed by atoms with Gasteiger partial charge in [0.25, 0.3) is 0 Å². The molecule has 0 fully saturated rings. The molecule has 3 aromatic rings. The highest BCUT2D eigenvalue weighted by Crippen LogP contribution is 2.27. The zero-order valence-electron chi connectivity index (χ0n) is 20.8. The Morgan fingerprint density at radius 3 is 2.27 bits per heavy atom. The number of nitrogens with zero attached hydrogens (tertiary/aromatic N) is 3.